The maximum atomic E-state index is 11.3. The molecule has 2 saturated heterocycles. The minimum Gasteiger partial charge on any atom is -0.355 e. The molecule has 2 aliphatic rings. The molecule has 0 saturated carbocycles. The molecule has 0 aromatic carbocycles. The molecule has 21 heavy (non-hydrogen) atoms. The molecule has 1 aromatic heterocycles. The van der Waals surface area contributed by atoms with Gasteiger partial charge in [-0.15, -0.1) is 10.2 Å². The Morgan fingerprint density at radius 1 is 0.857 bits per heavy atom. The third kappa shape index (κ3) is 3.25. The summed E-state index contributed by atoms with van der Waals surface area (Å²) >= 11 is 0. The number of amides is 1. The first-order valence-electron chi connectivity index (χ1n) is 7.83. The summed E-state index contributed by atoms with van der Waals surface area (Å²) in [6.45, 7) is 7.00. The number of carbonyl (C=O) groups is 1. The van der Waals surface area contributed by atoms with Gasteiger partial charge in [0, 0.05) is 46.2 Å². The molecule has 0 aliphatic carbocycles. The van der Waals surface area contributed by atoms with E-state index in [0.717, 1.165) is 50.9 Å². The summed E-state index contributed by atoms with van der Waals surface area (Å²) in [6.07, 6.45) is 3.81. The van der Waals surface area contributed by atoms with E-state index in [1.165, 1.54) is 19.3 Å². The molecule has 1 amide bonds. The summed E-state index contributed by atoms with van der Waals surface area (Å²) in [5.41, 5.74) is 0. The van der Waals surface area contributed by atoms with Crippen molar-refractivity contribution in [2.75, 3.05) is 49.1 Å². The van der Waals surface area contributed by atoms with E-state index in [-0.39, 0.29) is 5.91 Å². The fourth-order valence-electron chi connectivity index (χ4n) is 3.03. The predicted octanol–water partition coefficient (Wildman–Crippen LogP) is 1.14. The van der Waals surface area contributed by atoms with Crippen LogP contribution in [0.3, 0.4) is 0 Å². The van der Waals surface area contributed by atoms with Crippen LogP contribution in [0, 0.1) is 0 Å². The van der Waals surface area contributed by atoms with Crippen LogP contribution in [0.2, 0.25) is 0 Å². The maximum absolute atomic E-state index is 11.3. The van der Waals surface area contributed by atoms with Crippen molar-refractivity contribution in [2.24, 2.45) is 0 Å². The van der Waals surface area contributed by atoms with E-state index in [2.05, 4.69) is 32.1 Å². The summed E-state index contributed by atoms with van der Waals surface area (Å²) in [4.78, 5) is 17.7. The summed E-state index contributed by atoms with van der Waals surface area (Å²) in [6, 6.07) is 4.13. The lowest BCUT2D eigenvalue weighted by Crippen LogP contribution is -2.48. The number of hydrogen-bond donors (Lipinski definition) is 0. The van der Waals surface area contributed by atoms with Crippen LogP contribution in [0.1, 0.15) is 26.2 Å². The summed E-state index contributed by atoms with van der Waals surface area (Å²) < 4.78 is 0. The van der Waals surface area contributed by atoms with Crippen molar-refractivity contribution < 1.29 is 4.79 Å². The molecule has 1 aromatic rings. The molecule has 2 aliphatic heterocycles. The highest BCUT2D eigenvalue weighted by Gasteiger charge is 2.20. The van der Waals surface area contributed by atoms with E-state index in [4.69, 9.17) is 0 Å². The van der Waals surface area contributed by atoms with Crippen molar-refractivity contribution in [1.29, 1.82) is 0 Å². The average molecular weight is 289 g/mol. The second-order valence-electron chi connectivity index (χ2n) is 5.79. The smallest absolute Gasteiger partial charge is 0.219 e. The summed E-state index contributed by atoms with van der Waals surface area (Å²) in [5, 5.41) is 8.76. The number of piperidine rings is 1. The lowest BCUT2D eigenvalue weighted by molar-refractivity contribution is -0.129. The lowest BCUT2D eigenvalue weighted by Gasteiger charge is -2.34. The van der Waals surface area contributed by atoms with Gasteiger partial charge in [0.1, 0.15) is 0 Å². The fraction of sp³-hybridized carbons (Fsp3) is 0.667. The zero-order valence-corrected chi connectivity index (χ0v) is 12.7. The van der Waals surface area contributed by atoms with E-state index >= 15 is 0 Å². The highest BCUT2D eigenvalue weighted by Crippen LogP contribution is 2.19. The Hall–Kier alpha value is -1.85. The summed E-state index contributed by atoms with van der Waals surface area (Å²) in [5.74, 6) is 2.06. The zero-order chi connectivity index (χ0) is 14.7. The summed E-state index contributed by atoms with van der Waals surface area (Å²) in [7, 11) is 0. The Morgan fingerprint density at radius 2 is 1.38 bits per heavy atom. The molecule has 0 radical (unpaired) electrons. The van der Waals surface area contributed by atoms with Crippen molar-refractivity contribution in [3.8, 4) is 0 Å². The number of aromatic nitrogens is 2. The van der Waals surface area contributed by atoms with Gasteiger partial charge in [0.05, 0.1) is 0 Å². The van der Waals surface area contributed by atoms with Gasteiger partial charge in [-0.1, -0.05) is 0 Å². The molecule has 0 atom stereocenters. The highest BCUT2D eigenvalue weighted by molar-refractivity contribution is 5.73. The molecule has 0 N–H and O–H groups in total. The molecule has 6 nitrogen and oxygen atoms in total. The maximum Gasteiger partial charge on any atom is 0.219 e. The van der Waals surface area contributed by atoms with Gasteiger partial charge >= 0.3 is 0 Å². The van der Waals surface area contributed by atoms with Crippen LogP contribution in [0.5, 0.6) is 0 Å². The number of nitrogens with zero attached hydrogens (tertiary/aromatic N) is 5. The Kier molecular flexibility index (Phi) is 4.22. The van der Waals surface area contributed by atoms with Gasteiger partial charge in [-0.2, -0.15) is 0 Å². The van der Waals surface area contributed by atoms with E-state index in [1.807, 2.05) is 4.90 Å². The minimum atomic E-state index is 0.154. The van der Waals surface area contributed by atoms with Gasteiger partial charge < -0.3 is 14.7 Å². The standard InChI is InChI=1S/C15H23N5O/c1-13(21)18-9-11-20(12-10-18)15-6-5-14(16-17-15)19-7-3-2-4-8-19/h5-6H,2-4,7-12H2,1H3. The third-order valence-electron chi connectivity index (χ3n) is 4.37. The minimum absolute atomic E-state index is 0.154. The molecule has 0 unspecified atom stereocenters. The van der Waals surface area contributed by atoms with Crippen molar-refractivity contribution in [3.63, 3.8) is 0 Å². The van der Waals surface area contributed by atoms with Crippen molar-refractivity contribution in [3.05, 3.63) is 12.1 Å². The first-order chi connectivity index (χ1) is 10.2. The fourth-order valence-corrected chi connectivity index (χ4v) is 3.03. The van der Waals surface area contributed by atoms with Gasteiger partial charge in [-0.3, -0.25) is 4.79 Å². The predicted molar refractivity (Wildman–Crippen MR) is 82.6 cm³/mol. The monoisotopic (exact) mass is 289 g/mol. The molecule has 0 bridgehead atoms. The van der Waals surface area contributed by atoms with E-state index < -0.39 is 0 Å². The van der Waals surface area contributed by atoms with Gasteiger partial charge in [-0.25, -0.2) is 0 Å². The van der Waals surface area contributed by atoms with Gasteiger partial charge in [0.2, 0.25) is 5.91 Å². The quantitative estimate of drug-likeness (QED) is 0.817. The number of piperazine rings is 1. The molecular weight excluding hydrogens is 266 g/mol. The Bertz CT molecular complexity index is 475. The largest absolute Gasteiger partial charge is 0.355 e. The Balaban J connectivity index is 1.61. The molecule has 0 spiro atoms. The zero-order valence-electron chi connectivity index (χ0n) is 12.7. The van der Waals surface area contributed by atoms with E-state index in [9.17, 15) is 4.79 Å². The number of rotatable bonds is 2. The van der Waals surface area contributed by atoms with Crippen LogP contribution in [-0.4, -0.2) is 60.3 Å². The first kappa shape index (κ1) is 14.1. The molecule has 6 heteroatoms. The lowest BCUT2D eigenvalue weighted by atomic mass is 10.1. The van der Waals surface area contributed by atoms with E-state index in [1.54, 1.807) is 6.92 Å². The molecule has 114 valence electrons. The SMILES string of the molecule is CC(=O)N1CCN(c2ccc(N3CCCCC3)nn2)CC1. The number of hydrogen-bond acceptors (Lipinski definition) is 5. The normalized spacial score (nSPS) is 19.8. The molecule has 3 rings (SSSR count). The van der Waals surface area contributed by atoms with Crippen molar-refractivity contribution in [1.82, 2.24) is 15.1 Å². The topological polar surface area (TPSA) is 52.6 Å². The van der Waals surface area contributed by atoms with Crippen LogP contribution in [0.4, 0.5) is 11.6 Å². The van der Waals surface area contributed by atoms with Crippen molar-refractivity contribution in [2.45, 2.75) is 26.2 Å². The average Bonchev–Trinajstić information content (AvgIpc) is 2.56. The van der Waals surface area contributed by atoms with Gasteiger partial charge in [0.15, 0.2) is 11.6 Å². The van der Waals surface area contributed by atoms with Crippen LogP contribution < -0.4 is 9.80 Å². The van der Waals surface area contributed by atoms with Crippen LogP contribution in [0.15, 0.2) is 12.1 Å². The van der Waals surface area contributed by atoms with Crippen LogP contribution in [0.25, 0.3) is 0 Å². The molecular formula is C15H23N5O. The second kappa shape index (κ2) is 6.28. The molecule has 2 fully saturated rings. The van der Waals surface area contributed by atoms with E-state index in [0.29, 0.717) is 0 Å². The third-order valence-corrected chi connectivity index (χ3v) is 4.37. The van der Waals surface area contributed by atoms with Gasteiger partial charge in [0.25, 0.3) is 0 Å². The van der Waals surface area contributed by atoms with Gasteiger partial charge in [-0.05, 0) is 31.4 Å². The number of anilines is 2. The Morgan fingerprint density at radius 3 is 1.86 bits per heavy atom. The Labute approximate surface area is 125 Å². The highest BCUT2D eigenvalue weighted by atomic mass is 16.2. The van der Waals surface area contributed by atoms with Crippen molar-refractivity contribution >= 4 is 17.5 Å². The van der Waals surface area contributed by atoms with Crippen LogP contribution >= 0.6 is 0 Å². The second-order valence-corrected chi connectivity index (χ2v) is 5.79. The van der Waals surface area contributed by atoms with Crippen LogP contribution in [-0.2, 0) is 4.79 Å². The number of carbonyl (C=O) groups excluding carboxylic acids is 1. The molecule has 3 heterocycles. The first-order valence-corrected chi connectivity index (χ1v) is 7.83.